The molecule has 0 saturated carbocycles. The van der Waals surface area contributed by atoms with Crippen molar-refractivity contribution in [1.29, 1.82) is 0 Å². The van der Waals surface area contributed by atoms with Gasteiger partial charge in [0.2, 0.25) is 0 Å². The van der Waals surface area contributed by atoms with Crippen LogP contribution in [-0.4, -0.2) is 34.4 Å². The zero-order chi connectivity index (χ0) is 19.9. The van der Waals surface area contributed by atoms with Crippen molar-refractivity contribution in [3.05, 3.63) is 96.1 Å². The van der Waals surface area contributed by atoms with E-state index in [-0.39, 0.29) is 30.6 Å². The van der Waals surface area contributed by atoms with Gasteiger partial charge in [-0.05, 0) is 11.1 Å². The fraction of sp³-hybridized carbons (Fsp3) is 0.182. The van der Waals surface area contributed by atoms with Gasteiger partial charge in [-0.25, -0.2) is 9.59 Å². The lowest BCUT2D eigenvalue weighted by atomic mass is 9.82. The van der Waals surface area contributed by atoms with Gasteiger partial charge in [-0.1, -0.05) is 73.8 Å². The number of aliphatic carboxylic acids is 2. The maximum Gasteiger partial charge on any atom is 0.333 e. The van der Waals surface area contributed by atoms with E-state index in [9.17, 15) is 14.7 Å². The number of carboxylic acid groups (broad SMARTS) is 2. The molecule has 5 heteroatoms. The number of rotatable bonds is 10. The van der Waals surface area contributed by atoms with Crippen LogP contribution < -0.4 is 0 Å². The summed E-state index contributed by atoms with van der Waals surface area (Å²) in [5, 5.41) is 18.7. The average Bonchev–Trinajstić information content (AvgIpc) is 2.66. The van der Waals surface area contributed by atoms with Gasteiger partial charge in [0.1, 0.15) is 5.60 Å². The number of ether oxygens (including phenoxy) is 1. The van der Waals surface area contributed by atoms with Crippen LogP contribution >= 0.6 is 0 Å². The highest BCUT2D eigenvalue weighted by Crippen LogP contribution is 2.31. The summed E-state index contributed by atoms with van der Waals surface area (Å²) in [4.78, 5) is 22.9. The van der Waals surface area contributed by atoms with Crippen molar-refractivity contribution in [1.82, 2.24) is 0 Å². The molecule has 2 N–H and O–H groups in total. The molecule has 0 aliphatic carbocycles. The predicted molar refractivity (Wildman–Crippen MR) is 103 cm³/mol. The summed E-state index contributed by atoms with van der Waals surface area (Å²) in [7, 11) is 0. The second kappa shape index (κ2) is 8.96. The highest BCUT2D eigenvalue weighted by molar-refractivity contribution is 5.88. The van der Waals surface area contributed by atoms with E-state index < -0.39 is 17.5 Å². The second-order valence-corrected chi connectivity index (χ2v) is 6.30. The molecule has 2 rings (SSSR count). The lowest BCUT2D eigenvalue weighted by Crippen LogP contribution is -2.43. The lowest BCUT2D eigenvalue weighted by Gasteiger charge is -2.35. The molecule has 0 amide bonds. The SMILES string of the molecule is C=C(COC(Cc1ccccc1)(Cc1ccccc1)C(=C)C(=O)O)C(=O)O. The van der Waals surface area contributed by atoms with Crippen LogP contribution in [0.3, 0.4) is 0 Å². The minimum atomic E-state index is -1.31. The van der Waals surface area contributed by atoms with Crippen LogP contribution in [0.4, 0.5) is 0 Å². The quantitative estimate of drug-likeness (QED) is 0.629. The standard InChI is InChI=1S/C22H22O5/c1-16(20(23)24)15-27-22(17(2)21(25)26,13-18-9-5-3-6-10-18)14-19-11-7-4-8-12-19/h3-12H,1-2,13-15H2,(H,23,24)(H,25,26). The number of carbonyl (C=O) groups is 2. The topological polar surface area (TPSA) is 83.8 Å². The smallest absolute Gasteiger partial charge is 0.333 e. The minimum absolute atomic E-state index is 0.131. The van der Waals surface area contributed by atoms with Gasteiger partial charge in [0.15, 0.2) is 0 Å². The van der Waals surface area contributed by atoms with E-state index in [4.69, 9.17) is 9.84 Å². The first-order chi connectivity index (χ1) is 12.8. The molecule has 2 aromatic carbocycles. The summed E-state index contributed by atoms with van der Waals surface area (Å²) in [6.07, 6.45) is 0.474. The molecule has 0 saturated heterocycles. The molecule has 140 valence electrons. The van der Waals surface area contributed by atoms with E-state index in [1.807, 2.05) is 60.7 Å². The highest BCUT2D eigenvalue weighted by atomic mass is 16.5. The van der Waals surface area contributed by atoms with Gasteiger partial charge in [-0.2, -0.15) is 0 Å². The van der Waals surface area contributed by atoms with Gasteiger partial charge in [-0.15, -0.1) is 0 Å². The van der Waals surface area contributed by atoms with Gasteiger partial charge < -0.3 is 14.9 Å². The van der Waals surface area contributed by atoms with E-state index in [1.165, 1.54) is 0 Å². The summed E-state index contributed by atoms with van der Waals surface area (Å²) in [5.74, 6) is -2.38. The summed E-state index contributed by atoms with van der Waals surface area (Å²) >= 11 is 0. The number of benzene rings is 2. The Hall–Kier alpha value is -3.18. The molecule has 0 radical (unpaired) electrons. The zero-order valence-corrected chi connectivity index (χ0v) is 14.9. The normalized spacial score (nSPS) is 11.0. The van der Waals surface area contributed by atoms with E-state index >= 15 is 0 Å². The molecule has 27 heavy (non-hydrogen) atoms. The first-order valence-corrected chi connectivity index (χ1v) is 8.39. The van der Waals surface area contributed by atoms with Gasteiger partial charge in [0.05, 0.1) is 17.8 Å². The Balaban J connectivity index is 2.45. The zero-order valence-electron chi connectivity index (χ0n) is 14.9. The predicted octanol–water partition coefficient (Wildman–Crippen LogP) is 3.51. The van der Waals surface area contributed by atoms with Crippen LogP contribution in [0.25, 0.3) is 0 Å². The fourth-order valence-electron chi connectivity index (χ4n) is 2.80. The van der Waals surface area contributed by atoms with Crippen molar-refractivity contribution >= 4 is 11.9 Å². The van der Waals surface area contributed by atoms with Crippen LogP contribution in [0.15, 0.2) is 85.0 Å². The summed E-state index contributed by atoms with van der Waals surface area (Å²) in [6.45, 7) is 6.91. The number of hydrogen-bond acceptors (Lipinski definition) is 3. The van der Waals surface area contributed by atoms with Crippen molar-refractivity contribution in [3.8, 4) is 0 Å². The summed E-state index contributed by atoms with van der Waals surface area (Å²) in [6, 6.07) is 18.6. The monoisotopic (exact) mass is 366 g/mol. The molecule has 0 spiro atoms. The third kappa shape index (κ3) is 5.39. The molecular formula is C22H22O5. The molecule has 2 aromatic rings. The Labute approximate surface area is 158 Å². The Bertz CT molecular complexity index is 783. The van der Waals surface area contributed by atoms with Crippen molar-refractivity contribution < 1.29 is 24.5 Å². The van der Waals surface area contributed by atoms with Gasteiger partial charge in [0, 0.05) is 12.8 Å². The molecule has 5 nitrogen and oxygen atoms in total. The molecule has 0 bridgehead atoms. The van der Waals surface area contributed by atoms with Crippen LogP contribution in [-0.2, 0) is 27.2 Å². The van der Waals surface area contributed by atoms with Crippen molar-refractivity contribution in [2.45, 2.75) is 18.4 Å². The van der Waals surface area contributed by atoms with Gasteiger partial charge in [-0.3, -0.25) is 0 Å². The Morgan fingerprint density at radius 3 is 1.63 bits per heavy atom. The van der Waals surface area contributed by atoms with Crippen molar-refractivity contribution in [3.63, 3.8) is 0 Å². The Kier molecular flexibility index (Phi) is 6.68. The third-order valence-corrected chi connectivity index (χ3v) is 4.30. The summed E-state index contributed by atoms with van der Waals surface area (Å²) in [5.41, 5.74) is 0.119. The van der Waals surface area contributed by atoms with E-state index in [0.717, 1.165) is 11.1 Å². The van der Waals surface area contributed by atoms with Crippen LogP contribution in [0.1, 0.15) is 11.1 Å². The number of carboxylic acids is 2. The first kappa shape index (κ1) is 20.1. The van der Waals surface area contributed by atoms with E-state index in [1.54, 1.807) is 0 Å². The average molecular weight is 366 g/mol. The van der Waals surface area contributed by atoms with E-state index in [0.29, 0.717) is 0 Å². The fourth-order valence-corrected chi connectivity index (χ4v) is 2.80. The molecule has 0 aliphatic rings. The first-order valence-electron chi connectivity index (χ1n) is 8.39. The van der Waals surface area contributed by atoms with Gasteiger partial charge in [0.25, 0.3) is 0 Å². The third-order valence-electron chi connectivity index (χ3n) is 4.30. The number of hydrogen-bond donors (Lipinski definition) is 2. The molecule has 0 atom stereocenters. The van der Waals surface area contributed by atoms with Crippen LogP contribution in [0.5, 0.6) is 0 Å². The molecule has 0 aliphatic heterocycles. The van der Waals surface area contributed by atoms with E-state index in [2.05, 4.69) is 13.2 Å². The van der Waals surface area contributed by atoms with Crippen LogP contribution in [0.2, 0.25) is 0 Å². The van der Waals surface area contributed by atoms with Crippen molar-refractivity contribution in [2.24, 2.45) is 0 Å². The Morgan fingerprint density at radius 1 is 0.815 bits per heavy atom. The maximum absolute atomic E-state index is 11.8. The summed E-state index contributed by atoms with van der Waals surface area (Å²) < 4.78 is 5.92. The van der Waals surface area contributed by atoms with Gasteiger partial charge >= 0.3 is 11.9 Å². The molecule has 0 fully saturated rings. The van der Waals surface area contributed by atoms with Crippen LogP contribution in [0, 0.1) is 0 Å². The second-order valence-electron chi connectivity index (χ2n) is 6.30. The molecule has 0 aromatic heterocycles. The van der Waals surface area contributed by atoms with Crippen molar-refractivity contribution in [2.75, 3.05) is 6.61 Å². The highest BCUT2D eigenvalue weighted by Gasteiger charge is 2.39. The molecular weight excluding hydrogens is 344 g/mol. The minimum Gasteiger partial charge on any atom is -0.478 e. The molecule has 0 unspecified atom stereocenters. The maximum atomic E-state index is 11.8. The Morgan fingerprint density at radius 2 is 1.26 bits per heavy atom. The largest absolute Gasteiger partial charge is 0.478 e. The molecule has 0 heterocycles. The lowest BCUT2D eigenvalue weighted by molar-refractivity contribution is -0.136.